The van der Waals surface area contributed by atoms with Gasteiger partial charge < -0.3 is 5.32 Å². The number of thioether (sulfide) groups is 1. The number of nitriles is 1. The number of halogens is 1. The maximum atomic E-state index is 8.82. The summed E-state index contributed by atoms with van der Waals surface area (Å²) in [6, 6.07) is 5.62. The second kappa shape index (κ2) is 9.12. The average molecular weight is 322 g/mol. The van der Waals surface area contributed by atoms with Gasteiger partial charge >= 0.3 is 0 Å². The molecule has 2 N–H and O–H groups in total. The largest absolute Gasteiger partial charge is 0.345 e. The summed E-state index contributed by atoms with van der Waals surface area (Å²) < 4.78 is 0. The molecule has 0 aliphatic heterocycles. The molecule has 1 heterocycles. The predicted molar refractivity (Wildman–Crippen MR) is 87.8 cm³/mol. The summed E-state index contributed by atoms with van der Waals surface area (Å²) in [5, 5.41) is 14.2. The number of rotatable bonds is 6. The zero-order chi connectivity index (χ0) is 15.6. The van der Waals surface area contributed by atoms with Gasteiger partial charge in [-0.3, -0.25) is 10.3 Å². The Kier molecular flexibility index (Phi) is 7.45. The fraction of sp³-hybridized carbons (Fsp3) is 0.357. The predicted octanol–water partition coefficient (Wildman–Crippen LogP) is 1.88. The van der Waals surface area contributed by atoms with Crippen LogP contribution in [0, 0.1) is 23.8 Å². The highest BCUT2D eigenvalue weighted by molar-refractivity contribution is 7.99. The van der Waals surface area contributed by atoms with Gasteiger partial charge in [-0.1, -0.05) is 12.0 Å². The first-order valence-electron chi connectivity index (χ1n) is 6.17. The molecule has 110 valence electrons. The molecular formula is C14H16ClN5S. The molecule has 0 saturated heterocycles. The number of aliphatic imine (C=N–C) groups is 1. The van der Waals surface area contributed by atoms with E-state index in [9.17, 15) is 0 Å². The molecule has 0 radical (unpaired) electrons. The number of aromatic nitrogens is 1. The summed E-state index contributed by atoms with van der Waals surface area (Å²) in [5.41, 5.74) is 0.776. The molecule has 1 aromatic rings. The van der Waals surface area contributed by atoms with E-state index in [0.717, 1.165) is 5.69 Å². The molecule has 0 saturated carbocycles. The van der Waals surface area contributed by atoms with Gasteiger partial charge in [-0.15, -0.1) is 29.8 Å². The topological polar surface area (TPSA) is 73.1 Å². The molecule has 1 rings (SSSR count). The first-order chi connectivity index (χ1) is 10.2. The SMILES string of the molecule is C#CCNC(=NC(CCCl)(SC)c1ccccn1)NC#N. The minimum Gasteiger partial charge on any atom is -0.345 e. The fourth-order valence-corrected chi connectivity index (χ4v) is 2.90. The van der Waals surface area contributed by atoms with Gasteiger partial charge in [0.15, 0.2) is 11.1 Å². The average Bonchev–Trinajstić information content (AvgIpc) is 2.53. The van der Waals surface area contributed by atoms with Crippen molar-refractivity contribution in [3.8, 4) is 18.5 Å². The van der Waals surface area contributed by atoms with Gasteiger partial charge in [0, 0.05) is 18.5 Å². The first-order valence-corrected chi connectivity index (χ1v) is 7.93. The third-order valence-electron chi connectivity index (χ3n) is 2.66. The van der Waals surface area contributed by atoms with Crippen molar-refractivity contribution in [1.82, 2.24) is 15.6 Å². The third kappa shape index (κ3) is 4.86. The number of guanidine groups is 1. The van der Waals surface area contributed by atoms with Crippen molar-refractivity contribution in [1.29, 1.82) is 5.26 Å². The fourth-order valence-electron chi connectivity index (χ4n) is 1.70. The van der Waals surface area contributed by atoms with Crippen LogP contribution in [0.5, 0.6) is 0 Å². The van der Waals surface area contributed by atoms with Crippen LogP contribution in [0.3, 0.4) is 0 Å². The molecule has 0 bridgehead atoms. The van der Waals surface area contributed by atoms with Crippen LogP contribution in [-0.4, -0.2) is 29.6 Å². The van der Waals surface area contributed by atoms with Gasteiger partial charge in [-0.05, 0) is 18.4 Å². The van der Waals surface area contributed by atoms with Crippen molar-refractivity contribution >= 4 is 29.3 Å². The third-order valence-corrected chi connectivity index (χ3v) is 4.03. The van der Waals surface area contributed by atoms with Crippen LogP contribution in [0.2, 0.25) is 0 Å². The minimum absolute atomic E-state index is 0.265. The summed E-state index contributed by atoms with van der Waals surface area (Å²) in [4.78, 5) is 8.30. The van der Waals surface area contributed by atoms with E-state index in [-0.39, 0.29) is 6.54 Å². The van der Waals surface area contributed by atoms with E-state index in [1.54, 1.807) is 6.20 Å². The van der Waals surface area contributed by atoms with Gasteiger partial charge in [-0.25, -0.2) is 4.99 Å². The lowest BCUT2D eigenvalue weighted by Crippen LogP contribution is -2.38. The Morgan fingerprint density at radius 3 is 2.95 bits per heavy atom. The first kappa shape index (κ1) is 17.2. The molecule has 0 spiro atoms. The second-order valence-electron chi connectivity index (χ2n) is 3.90. The van der Waals surface area contributed by atoms with Gasteiger partial charge in [-0.2, -0.15) is 5.26 Å². The van der Waals surface area contributed by atoms with E-state index in [4.69, 9.17) is 23.3 Å². The Labute approximate surface area is 134 Å². The molecule has 0 fully saturated rings. The Morgan fingerprint density at radius 1 is 1.62 bits per heavy atom. The molecular weight excluding hydrogens is 306 g/mol. The zero-order valence-corrected chi connectivity index (χ0v) is 13.2. The number of terminal acetylenes is 1. The Balaban J connectivity index is 3.22. The van der Waals surface area contributed by atoms with E-state index < -0.39 is 4.87 Å². The van der Waals surface area contributed by atoms with Crippen molar-refractivity contribution in [2.75, 3.05) is 18.7 Å². The molecule has 0 aliphatic carbocycles. The molecule has 0 amide bonds. The van der Waals surface area contributed by atoms with Crippen LogP contribution in [0.1, 0.15) is 12.1 Å². The lowest BCUT2D eigenvalue weighted by Gasteiger charge is -2.27. The van der Waals surface area contributed by atoms with Crippen LogP contribution in [0.25, 0.3) is 0 Å². The van der Waals surface area contributed by atoms with Crippen LogP contribution < -0.4 is 10.6 Å². The number of alkyl halides is 1. The summed E-state index contributed by atoms with van der Waals surface area (Å²) in [6.45, 7) is 0.265. The van der Waals surface area contributed by atoms with E-state index in [2.05, 4.69) is 26.5 Å². The van der Waals surface area contributed by atoms with Gasteiger partial charge in [0.1, 0.15) is 0 Å². The van der Waals surface area contributed by atoms with E-state index in [1.807, 2.05) is 30.6 Å². The maximum absolute atomic E-state index is 8.82. The highest BCUT2D eigenvalue weighted by Crippen LogP contribution is 2.38. The monoisotopic (exact) mass is 321 g/mol. The standard InChI is InChI=1S/C14H16ClN5S/c1-3-9-18-13(19-11-16)20-14(21-2,7-8-15)12-6-4-5-10-17-12/h1,4-6,10H,7-9H2,2H3,(H2,18,19,20). The van der Waals surface area contributed by atoms with Crippen molar-refractivity contribution in [3.63, 3.8) is 0 Å². The van der Waals surface area contributed by atoms with Crippen molar-refractivity contribution in [3.05, 3.63) is 30.1 Å². The maximum Gasteiger partial charge on any atom is 0.207 e. The molecule has 0 aromatic carbocycles. The van der Waals surface area contributed by atoms with Crippen LogP contribution in [0.4, 0.5) is 0 Å². The lowest BCUT2D eigenvalue weighted by atomic mass is 10.1. The Bertz CT molecular complexity index is 549. The smallest absolute Gasteiger partial charge is 0.207 e. The molecule has 1 atom stereocenters. The van der Waals surface area contributed by atoms with Gasteiger partial charge in [0.2, 0.25) is 5.96 Å². The molecule has 21 heavy (non-hydrogen) atoms. The second-order valence-corrected chi connectivity index (χ2v) is 5.36. The van der Waals surface area contributed by atoms with Crippen molar-refractivity contribution in [2.45, 2.75) is 11.3 Å². The number of nitrogens with one attached hydrogen (secondary N) is 2. The quantitative estimate of drug-likeness (QED) is 0.209. The van der Waals surface area contributed by atoms with Crippen LogP contribution in [0.15, 0.2) is 29.4 Å². The molecule has 7 heteroatoms. The summed E-state index contributed by atoms with van der Waals surface area (Å²) in [7, 11) is 0. The number of pyridine rings is 1. The molecule has 5 nitrogen and oxygen atoms in total. The number of nitrogens with zero attached hydrogens (tertiary/aromatic N) is 3. The zero-order valence-electron chi connectivity index (χ0n) is 11.6. The highest BCUT2D eigenvalue weighted by Gasteiger charge is 2.32. The summed E-state index contributed by atoms with van der Waals surface area (Å²) in [5.74, 6) is 3.16. The van der Waals surface area contributed by atoms with Crippen molar-refractivity contribution in [2.24, 2.45) is 4.99 Å². The summed E-state index contributed by atoms with van der Waals surface area (Å²) >= 11 is 7.44. The van der Waals surface area contributed by atoms with Crippen LogP contribution in [-0.2, 0) is 4.87 Å². The highest BCUT2D eigenvalue weighted by atomic mass is 35.5. The molecule has 1 unspecified atom stereocenters. The van der Waals surface area contributed by atoms with E-state index in [0.29, 0.717) is 18.3 Å². The Hall–Kier alpha value is -1.89. The Morgan fingerprint density at radius 2 is 2.43 bits per heavy atom. The molecule has 0 aliphatic rings. The number of hydrogen-bond acceptors (Lipinski definition) is 4. The van der Waals surface area contributed by atoms with Crippen molar-refractivity contribution < 1.29 is 0 Å². The summed E-state index contributed by atoms with van der Waals surface area (Å²) in [6.07, 6.45) is 11.3. The normalized spacial score (nSPS) is 13.6. The van der Waals surface area contributed by atoms with E-state index >= 15 is 0 Å². The van der Waals surface area contributed by atoms with Gasteiger partial charge in [0.25, 0.3) is 0 Å². The molecule has 1 aromatic heterocycles. The lowest BCUT2D eigenvalue weighted by molar-refractivity contribution is 0.611. The van der Waals surface area contributed by atoms with Crippen LogP contribution >= 0.6 is 23.4 Å². The minimum atomic E-state index is -0.677. The van der Waals surface area contributed by atoms with Gasteiger partial charge in [0.05, 0.1) is 12.2 Å². The van der Waals surface area contributed by atoms with E-state index in [1.165, 1.54) is 11.8 Å². The number of hydrogen-bond donors (Lipinski definition) is 2.